The number of urea groups is 1. The van der Waals surface area contributed by atoms with E-state index in [-0.39, 0.29) is 24.2 Å². The fraction of sp³-hybridized carbons (Fsp3) is 0.440. The Hall–Kier alpha value is -3.34. The third-order valence-corrected chi connectivity index (χ3v) is 6.17. The molecule has 0 bridgehead atoms. The fourth-order valence-electron chi connectivity index (χ4n) is 4.02. The molecule has 1 unspecified atom stereocenters. The van der Waals surface area contributed by atoms with Crippen molar-refractivity contribution in [2.45, 2.75) is 37.7 Å². The summed E-state index contributed by atoms with van der Waals surface area (Å²) in [5.74, 6) is -2.11. The number of hydrogen-bond acceptors (Lipinski definition) is 5. The Bertz CT molecular complexity index is 1010. The van der Waals surface area contributed by atoms with Gasteiger partial charge >= 0.3 is 18.2 Å². The lowest BCUT2D eigenvalue weighted by atomic mass is 10.0. The molecular formula is C25H29F4N3O4. The number of benzene rings is 2. The van der Waals surface area contributed by atoms with Crippen LogP contribution < -0.4 is 10.1 Å². The summed E-state index contributed by atoms with van der Waals surface area (Å²) in [6.07, 6.45) is -5.15. The van der Waals surface area contributed by atoms with Gasteiger partial charge in [0.15, 0.2) is 0 Å². The quantitative estimate of drug-likeness (QED) is 0.423. The number of nitrogens with zero attached hydrogens (tertiary/aromatic N) is 2. The number of carbonyl (C=O) groups is 2. The summed E-state index contributed by atoms with van der Waals surface area (Å²) in [7, 11) is 3.28. The molecule has 1 N–H and O–H groups in total. The van der Waals surface area contributed by atoms with E-state index in [1.807, 2.05) is 29.2 Å². The number of halogens is 4. The molecule has 1 aliphatic heterocycles. The highest BCUT2D eigenvalue weighted by atomic mass is 19.4. The molecule has 1 heterocycles. The molecule has 1 fully saturated rings. The van der Waals surface area contributed by atoms with Gasteiger partial charge in [0.1, 0.15) is 17.7 Å². The van der Waals surface area contributed by atoms with Crippen molar-refractivity contribution in [3.63, 3.8) is 0 Å². The standard InChI is InChI=1S/C25H29F4N3O4/c1-31(24(34)30-15-17-3-9-21(35-2)10-4-17)20-11-13-32(14-12-20)16-22(36-23(33)25(27,28)29)18-5-7-19(26)8-6-18/h3-10,20,22H,11-16H2,1-2H3,(H,30,34). The second-order valence-corrected chi connectivity index (χ2v) is 8.59. The molecule has 0 spiro atoms. The number of nitrogens with one attached hydrogen (secondary N) is 1. The molecule has 1 atom stereocenters. The lowest BCUT2D eigenvalue weighted by Gasteiger charge is -2.38. The van der Waals surface area contributed by atoms with Crippen LogP contribution in [0.5, 0.6) is 5.75 Å². The third kappa shape index (κ3) is 7.58. The van der Waals surface area contributed by atoms with Crippen molar-refractivity contribution >= 4 is 12.0 Å². The van der Waals surface area contributed by atoms with Crippen molar-refractivity contribution in [3.8, 4) is 5.75 Å². The van der Waals surface area contributed by atoms with Crippen molar-refractivity contribution < 1.29 is 36.6 Å². The Labute approximate surface area is 207 Å². The molecule has 0 aromatic heterocycles. The number of methoxy groups -OCH3 is 1. The maximum atomic E-state index is 13.3. The van der Waals surface area contributed by atoms with E-state index in [4.69, 9.17) is 9.47 Å². The number of esters is 1. The second-order valence-electron chi connectivity index (χ2n) is 8.59. The number of alkyl halides is 3. The maximum absolute atomic E-state index is 13.3. The van der Waals surface area contributed by atoms with E-state index < -0.39 is 24.1 Å². The van der Waals surface area contributed by atoms with Crippen molar-refractivity contribution in [1.29, 1.82) is 0 Å². The molecule has 0 radical (unpaired) electrons. The molecule has 7 nitrogen and oxygen atoms in total. The Morgan fingerprint density at radius 2 is 1.69 bits per heavy atom. The van der Waals surface area contributed by atoms with Crippen LogP contribution in [0.2, 0.25) is 0 Å². The SMILES string of the molecule is COc1ccc(CNC(=O)N(C)C2CCN(CC(OC(=O)C(F)(F)F)c3ccc(F)cc3)CC2)cc1. The molecule has 11 heteroatoms. The number of likely N-dealkylation sites (tertiary alicyclic amines) is 1. The lowest BCUT2D eigenvalue weighted by Crippen LogP contribution is -2.49. The summed E-state index contributed by atoms with van der Waals surface area (Å²) >= 11 is 0. The summed E-state index contributed by atoms with van der Waals surface area (Å²) in [5, 5.41) is 2.88. The van der Waals surface area contributed by atoms with Crippen LogP contribution in [0.25, 0.3) is 0 Å². The van der Waals surface area contributed by atoms with Gasteiger partial charge in [-0.15, -0.1) is 0 Å². The van der Waals surface area contributed by atoms with E-state index in [0.29, 0.717) is 32.5 Å². The van der Waals surface area contributed by atoms with Gasteiger partial charge in [-0.3, -0.25) is 4.90 Å². The minimum Gasteiger partial charge on any atom is -0.497 e. The monoisotopic (exact) mass is 511 g/mol. The smallest absolute Gasteiger partial charge is 0.490 e. The molecule has 2 aromatic rings. The van der Waals surface area contributed by atoms with Crippen LogP contribution in [0.4, 0.5) is 22.4 Å². The summed E-state index contributed by atoms with van der Waals surface area (Å²) in [6.45, 7) is 1.35. The molecule has 1 aliphatic rings. The fourth-order valence-corrected chi connectivity index (χ4v) is 4.02. The summed E-state index contributed by atoms with van der Waals surface area (Å²) in [6, 6.07) is 11.9. The number of rotatable bonds is 8. The van der Waals surface area contributed by atoms with Gasteiger partial charge in [-0.25, -0.2) is 14.0 Å². The first-order chi connectivity index (χ1) is 17.1. The zero-order valence-corrected chi connectivity index (χ0v) is 20.1. The number of ether oxygens (including phenoxy) is 2. The van der Waals surface area contributed by atoms with Gasteiger partial charge in [0, 0.05) is 39.3 Å². The van der Waals surface area contributed by atoms with Crippen LogP contribution in [0, 0.1) is 5.82 Å². The Morgan fingerprint density at radius 1 is 1.08 bits per heavy atom. The van der Waals surface area contributed by atoms with Crippen molar-refractivity contribution in [3.05, 3.63) is 65.5 Å². The number of amides is 2. The predicted octanol–water partition coefficient (Wildman–Crippen LogP) is 4.29. The van der Waals surface area contributed by atoms with Crippen LogP contribution in [-0.4, -0.2) is 67.8 Å². The zero-order valence-electron chi connectivity index (χ0n) is 20.1. The highest BCUT2D eigenvalue weighted by molar-refractivity contribution is 5.76. The van der Waals surface area contributed by atoms with Gasteiger partial charge < -0.3 is 19.7 Å². The van der Waals surface area contributed by atoms with Gasteiger partial charge in [0.25, 0.3) is 0 Å². The predicted molar refractivity (Wildman–Crippen MR) is 124 cm³/mol. The van der Waals surface area contributed by atoms with E-state index in [1.165, 1.54) is 12.1 Å². The van der Waals surface area contributed by atoms with Gasteiger partial charge in [-0.1, -0.05) is 24.3 Å². The molecule has 1 saturated heterocycles. The Balaban J connectivity index is 1.53. The molecule has 2 amide bonds. The van der Waals surface area contributed by atoms with E-state index in [2.05, 4.69) is 5.32 Å². The average Bonchev–Trinajstić information content (AvgIpc) is 2.87. The van der Waals surface area contributed by atoms with Gasteiger partial charge in [0.2, 0.25) is 0 Å². The van der Waals surface area contributed by atoms with E-state index >= 15 is 0 Å². The molecule has 0 saturated carbocycles. The number of hydrogen-bond donors (Lipinski definition) is 1. The van der Waals surface area contributed by atoms with Gasteiger partial charge in [-0.2, -0.15) is 13.2 Å². The summed E-state index contributed by atoms with van der Waals surface area (Å²) in [4.78, 5) is 27.6. The van der Waals surface area contributed by atoms with Crippen LogP contribution in [0.15, 0.2) is 48.5 Å². The number of piperidine rings is 1. The average molecular weight is 512 g/mol. The zero-order chi connectivity index (χ0) is 26.3. The number of carbonyl (C=O) groups excluding carboxylic acids is 2. The largest absolute Gasteiger partial charge is 0.497 e. The molecular weight excluding hydrogens is 482 g/mol. The van der Waals surface area contributed by atoms with Crippen LogP contribution in [-0.2, 0) is 16.1 Å². The first-order valence-electron chi connectivity index (χ1n) is 11.5. The Kier molecular flexibility index (Phi) is 9.14. The highest BCUT2D eigenvalue weighted by Crippen LogP contribution is 2.27. The first kappa shape index (κ1) is 27.3. The summed E-state index contributed by atoms with van der Waals surface area (Å²) in [5.41, 5.74) is 1.19. The molecule has 36 heavy (non-hydrogen) atoms. The second kappa shape index (κ2) is 12.1. The van der Waals surface area contributed by atoms with E-state index in [1.54, 1.807) is 19.1 Å². The highest BCUT2D eigenvalue weighted by Gasteiger charge is 2.43. The Morgan fingerprint density at radius 3 is 2.25 bits per heavy atom. The van der Waals surface area contributed by atoms with Gasteiger partial charge in [-0.05, 0) is 48.2 Å². The molecule has 0 aliphatic carbocycles. The minimum atomic E-state index is -5.13. The third-order valence-electron chi connectivity index (χ3n) is 6.17. The minimum absolute atomic E-state index is 0.0214. The van der Waals surface area contributed by atoms with Crippen LogP contribution >= 0.6 is 0 Å². The van der Waals surface area contributed by atoms with Crippen LogP contribution in [0.1, 0.15) is 30.1 Å². The first-order valence-corrected chi connectivity index (χ1v) is 11.5. The van der Waals surface area contributed by atoms with E-state index in [9.17, 15) is 27.2 Å². The molecule has 2 aromatic carbocycles. The summed E-state index contributed by atoms with van der Waals surface area (Å²) < 4.78 is 61.5. The lowest BCUT2D eigenvalue weighted by molar-refractivity contribution is -0.206. The molecule has 3 rings (SSSR count). The topological polar surface area (TPSA) is 71.1 Å². The van der Waals surface area contributed by atoms with Gasteiger partial charge in [0.05, 0.1) is 7.11 Å². The van der Waals surface area contributed by atoms with E-state index in [0.717, 1.165) is 23.4 Å². The van der Waals surface area contributed by atoms with Crippen molar-refractivity contribution in [1.82, 2.24) is 15.1 Å². The maximum Gasteiger partial charge on any atom is 0.490 e. The molecule has 196 valence electrons. The van der Waals surface area contributed by atoms with Crippen LogP contribution in [0.3, 0.4) is 0 Å². The van der Waals surface area contributed by atoms with Crippen molar-refractivity contribution in [2.24, 2.45) is 0 Å². The normalized spacial score (nSPS) is 15.7. The van der Waals surface area contributed by atoms with Crippen molar-refractivity contribution in [2.75, 3.05) is 33.8 Å².